The Balaban J connectivity index is 1.11. The number of carbonyl (C=O) groups is 2. The van der Waals surface area contributed by atoms with Crippen LogP contribution in [0, 0.1) is 11.8 Å². The third-order valence-corrected chi connectivity index (χ3v) is 7.93. The molecular weight excluding hydrogens is 487 g/mol. The van der Waals surface area contributed by atoms with Crippen molar-refractivity contribution in [1.82, 2.24) is 14.8 Å². The zero-order chi connectivity index (χ0) is 25.3. The lowest BCUT2D eigenvalue weighted by Gasteiger charge is -2.45. The van der Waals surface area contributed by atoms with Gasteiger partial charge in [0.2, 0.25) is 0 Å². The first-order chi connectivity index (χ1) is 17.3. The van der Waals surface area contributed by atoms with E-state index in [2.05, 4.69) is 4.98 Å². The highest BCUT2D eigenvalue weighted by Crippen LogP contribution is 2.33. The van der Waals surface area contributed by atoms with Crippen LogP contribution in [-0.4, -0.2) is 52.8 Å². The van der Waals surface area contributed by atoms with E-state index in [0.29, 0.717) is 47.5 Å². The van der Waals surface area contributed by atoms with Crippen LogP contribution in [0.4, 0.5) is 13.2 Å². The van der Waals surface area contributed by atoms with Crippen molar-refractivity contribution >= 4 is 23.2 Å². The largest absolute Gasteiger partial charge is 0.416 e. The van der Waals surface area contributed by atoms with Gasteiger partial charge < -0.3 is 9.80 Å². The van der Waals surface area contributed by atoms with Gasteiger partial charge in [-0.05, 0) is 60.4 Å². The number of piperidine rings is 1. The van der Waals surface area contributed by atoms with Gasteiger partial charge in [0.15, 0.2) is 5.01 Å². The molecule has 0 unspecified atom stereocenters. The molecule has 0 aliphatic carbocycles. The van der Waals surface area contributed by atoms with E-state index in [1.54, 1.807) is 29.8 Å². The summed E-state index contributed by atoms with van der Waals surface area (Å²) in [6.45, 7) is 2.88. The highest BCUT2D eigenvalue weighted by Gasteiger charge is 2.39. The van der Waals surface area contributed by atoms with Crippen LogP contribution in [0.3, 0.4) is 0 Å². The number of likely N-dealkylation sites (tertiary alicyclic amines) is 2. The van der Waals surface area contributed by atoms with Gasteiger partial charge in [0, 0.05) is 43.3 Å². The van der Waals surface area contributed by atoms with Gasteiger partial charge in [-0.25, -0.2) is 4.98 Å². The van der Waals surface area contributed by atoms with E-state index in [9.17, 15) is 22.8 Å². The first-order valence-corrected chi connectivity index (χ1v) is 12.9. The maximum atomic E-state index is 13.0. The summed E-state index contributed by atoms with van der Waals surface area (Å²) in [5.74, 6) is 0.962. The first-order valence-electron chi connectivity index (χ1n) is 12.0. The number of amides is 2. The molecule has 5 rings (SSSR count). The normalized spacial score (nSPS) is 17.2. The third kappa shape index (κ3) is 5.31. The topological polar surface area (TPSA) is 53.5 Å². The van der Waals surface area contributed by atoms with Crippen molar-refractivity contribution in [2.45, 2.75) is 25.4 Å². The summed E-state index contributed by atoms with van der Waals surface area (Å²) in [4.78, 5) is 33.2. The molecule has 3 aromatic rings. The second kappa shape index (κ2) is 10.0. The molecule has 0 radical (unpaired) electrons. The maximum absolute atomic E-state index is 13.0. The number of rotatable bonds is 5. The van der Waals surface area contributed by atoms with E-state index in [4.69, 9.17) is 0 Å². The number of hydrogen-bond acceptors (Lipinski definition) is 4. The summed E-state index contributed by atoms with van der Waals surface area (Å²) in [5.41, 5.74) is 1.36. The molecule has 0 N–H and O–H groups in total. The number of carbonyl (C=O) groups excluding carboxylic acids is 2. The number of nitrogens with zero attached hydrogens (tertiary/aromatic N) is 3. The summed E-state index contributed by atoms with van der Waals surface area (Å²) >= 11 is 1.36. The average Bonchev–Trinajstić information content (AvgIpc) is 3.38. The molecular formula is C27H26F3N3O2S. The number of aromatic nitrogens is 1. The highest BCUT2D eigenvalue weighted by molar-refractivity contribution is 7.11. The maximum Gasteiger partial charge on any atom is 0.416 e. The Morgan fingerprint density at radius 2 is 1.64 bits per heavy atom. The lowest BCUT2D eigenvalue weighted by atomic mass is 9.79. The molecule has 2 aliphatic heterocycles. The van der Waals surface area contributed by atoms with Crippen molar-refractivity contribution in [2.24, 2.45) is 11.8 Å². The minimum atomic E-state index is -4.36. The van der Waals surface area contributed by atoms with Gasteiger partial charge >= 0.3 is 6.18 Å². The third-order valence-electron chi connectivity index (χ3n) is 7.17. The van der Waals surface area contributed by atoms with Crippen molar-refractivity contribution < 1.29 is 22.8 Å². The van der Waals surface area contributed by atoms with Crippen LogP contribution in [0.25, 0.3) is 0 Å². The zero-order valence-corrected chi connectivity index (χ0v) is 20.4. The SMILES string of the molecule is O=C(c1ccc(Cc2cccc(C(F)(F)F)c2)cc1)N1CCC(C2CN(C(=O)c3nccs3)C2)CC1. The van der Waals surface area contributed by atoms with Gasteiger partial charge in [-0.3, -0.25) is 9.59 Å². The van der Waals surface area contributed by atoms with E-state index >= 15 is 0 Å². The Morgan fingerprint density at radius 3 is 2.28 bits per heavy atom. The second-order valence-corrected chi connectivity index (χ2v) is 10.4. The van der Waals surface area contributed by atoms with E-state index in [1.807, 2.05) is 21.9 Å². The van der Waals surface area contributed by atoms with E-state index in [1.165, 1.54) is 23.5 Å². The Bertz CT molecular complexity index is 1210. The molecule has 1 aromatic heterocycles. The smallest absolute Gasteiger partial charge is 0.339 e. The average molecular weight is 514 g/mol. The molecule has 0 bridgehead atoms. The van der Waals surface area contributed by atoms with Crippen molar-refractivity contribution in [2.75, 3.05) is 26.2 Å². The summed E-state index contributed by atoms with van der Waals surface area (Å²) < 4.78 is 38.9. The summed E-state index contributed by atoms with van der Waals surface area (Å²) in [6, 6.07) is 12.5. The lowest BCUT2D eigenvalue weighted by Crippen LogP contribution is -2.54. The fourth-order valence-electron chi connectivity index (χ4n) is 5.06. The summed E-state index contributed by atoms with van der Waals surface area (Å²) in [5, 5.41) is 2.34. The minimum Gasteiger partial charge on any atom is -0.339 e. The molecule has 36 heavy (non-hydrogen) atoms. The number of thiazole rings is 1. The molecule has 2 amide bonds. The number of halogens is 3. The van der Waals surface area contributed by atoms with Crippen molar-refractivity contribution in [3.8, 4) is 0 Å². The zero-order valence-electron chi connectivity index (χ0n) is 19.6. The quantitative estimate of drug-likeness (QED) is 0.461. The molecule has 2 aromatic carbocycles. The van der Waals surface area contributed by atoms with E-state index < -0.39 is 11.7 Å². The molecule has 0 atom stereocenters. The van der Waals surface area contributed by atoms with Gasteiger partial charge in [-0.1, -0.05) is 30.3 Å². The van der Waals surface area contributed by atoms with Crippen LogP contribution in [-0.2, 0) is 12.6 Å². The fraction of sp³-hybridized carbons (Fsp3) is 0.370. The Kier molecular flexibility index (Phi) is 6.83. The van der Waals surface area contributed by atoms with Crippen molar-refractivity contribution in [1.29, 1.82) is 0 Å². The standard InChI is InChI=1S/C27H26F3N3O2S/c28-27(29,30)23-3-1-2-19(15-23)14-18-4-6-21(7-5-18)25(34)32-11-8-20(9-12-32)22-16-33(17-22)26(35)24-31-10-13-36-24/h1-7,10,13,15,20,22H,8-9,11-12,14,16-17H2. The molecule has 9 heteroatoms. The number of alkyl halides is 3. The molecule has 188 valence electrons. The Labute approximate surface area is 211 Å². The molecule has 2 saturated heterocycles. The van der Waals surface area contributed by atoms with Crippen LogP contribution >= 0.6 is 11.3 Å². The van der Waals surface area contributed by atoms with Gasteiger partial charge in [-0.15, -0.1) is 11.3 Å². The van der Waals surface area contributed by atoms with Crippen LogP contribution in [0.5, 0.6) is 0 Å². The van der Waals surface area contributed by atoms with Gasteiger partial charge in [0.25, 0.3) is 11.8 Å². The van der Waals surface area contributed by atoms with Crippen LogP contribution < -0.4 is 0 Å². The fourth-order valence-corrected chi connectivity index (χ4v) is 5.66. The number of hydrogen-bond donors (Lipinski definition) is 0. The number of benzene rings is 2. The Morgan fingerprint density at radius 1 is 0.917 bits per heavy atom. The van der Waals surface area contributed by atoms with E-state index in [0.717, 1.165) is 37.6 Å². The van der Waals surface area contributed by atoms with Gasteiger partial charge in [0.05, 0.1) is 5.56 Å². The van der Waals surface area contributed by atoms with Gasteiger partial charge in [-0.2, -0.15) is 13.2 Å². The first kappa shape index (κ1) is 24.5. The molecule has 5 nitrogen and oxygen atoms in total. The molecule has 2 fully saturated rings. The predicted molar refractivity (Wildman–Crippen MR) is 131 cm³/mol. The highest BCUT2D eigenvalue weighted by atomic mass is 32.1. The summed E-state index contributed by atoms with van der Waals surface area (Å²) in [6.07, 6.45) is -0.511. The van der Waals surface area contributed by atoms with E-state index in [-0.39, 0.29) is 11.8 Å². The molecule has 0 saturated carbocycles. The second-order valence-electron chi connectivity index (χ2n) is 9.51. The molecule has 0 spiro atoms. The molecule has 2 aliphatic rings. The lowest BCUT2D eigenvalue weighted by molar-refractivity contribution is -0.137. The Hall–Kier alpha value is -3.20. The molecule has 3 heterocycles. The van der Waals surface area contributed by atoms with Crippen molar-refractivity contribution in [3.05, 3.63) is 87.4 Å². The van der Waals surface area contributed by atoms with Crippen LogP contribution in [0.1, 0.15) is 49.7 Å². The minimum absolute atomic E-state index is 0.00497. The van der Waals surface area contributed by atoms with Crippen molar-refractivity contribution in [3.63, 3.8) is 0 Å². The monoisotopic (exact) mass is 513 g/mol. The van der Waals surface area contributed by atoms with Crippen LogP contribution in [0.15, 0.2) is 60.1 Å². The van der Waals surface area contributed by atoms with Gasteiger partial charge in [0.1, 0.15) is 0 Å². The predicted octanol–water partition coefficient (Wildman–Crippen LogP) is 5.38. The van der Waals surface area contributed by atoms with Crippen LogP contribution in [0.2, 0.25) is 0 Å². The summed E-state index contributed by atoms with van der Waals surface area (Å²) in [7, 11) is 0.